The Bertz CT molecular complexity index is 948. The predicted molar refractivity (Wildman–Crippen MR) is 117 cm³/mol. The van der Waals surface area contributed by atoms with Crippen LogP contribution < -0.4 is 10.1 Å². The Balaban J connectivity index is 1.47. The maximum atomic E-state index is 12.8. The molecule has 1 N–H and O–H groups in total. The zero-order valence-electron chi connectivity index (χ0n) is 17.8. The smallest absolute Gasteiger partial charge is 0.243 e. The molecule has 1 aliphatic heterocycles. The maximum Gasteiger partial charge on any atom is 0.243 e. The van der Waals surface area contributed by atoms with Crippen LogP contribution in [0.2, 0.25) is 0 Å². The number of carbonyl (C=O) groups excluding carboxylic acids is 1. The van der Waals surface area contributed by atoms with Crippen LogP contribution in [0.5, 0.6) is 5.75 Å². The minimum Gasteiger partial charge on any atom is -0.491 e. The van der Waals surface area contributed by atoms with Crippen molar-refractivity contribution >= 4 is 15.9 Å². The summed E-state index contributed by atoms with van der Waals surface area (Å²) in [6.45, 7) is 6.93. The quantitative estimate of drug-likeness (QED) is 0.731. The van der Waals surface area contributed by atoms with Crippen LogP contribution in [0.25, 0.3) is 0 Å². The van der Waals surface area contributed by atoms with Crippen LogP contribution in [-0.4, -0.2) is 44.4 Å². The van der Waals surface area contributed by atoms with Gasteiger partial charge in [-0.25, -0.2) is 8.42 Å². The van der Waals surface area contributed by atoms with Gasteiger partial charge < -0.3 is 10.1 Å². The Hall–Kier alpha value is -2.38. The van der Waals surface area contributed by atoms with Gasteiger partial charge in [-0.2, -0.15) is 4.31 Å². The van der Waals surface area contributed by atoms with Crippen LogP contribution in [0.15, 0.2) is 53.4 Å². The molecular formula is C23H30N2O4S. The van der Waals surface area contributed by atoms with Crippen molar-refractivity contribution in [3.8, 4) is 5.75 Å². The second kappa shape index (κ2) is 9.62. The van der Waals surface area contributed by atoms with Crippen molar-refractivity contribution in [1.82, 2.24) is 9.62 Å². The zero-order valence-corrected chi connectivity index (χ0v) is 18.6. The van der Waals surface area contributed by atoms with Crippen LogP contribution in [0.1, 0.15) is 30.9 Å². The van der Waals surface area contributed by atoms with E-state index < -0.39 is 10.0 Å². The lowest BCUT2D eigenvalue weighted by Crippen LogP contribution is -2.45. The number of aryl methyl sites for hydroxylation is 2. The molecule has 0 bridgehead atoms. The zero-order chi connectivity index (χ0) is 21.7. The fourth-order valence-corrected chi connectivity index (χ4v) is 4.95. The highest BCUT2D eigenvalue weighted by Crippen LogP contribution is 2.24. The summed E-state index contributed by atoms with van der Waals surface area (Å²) in [6.07, 6.45) is 1.03. The third-order valence-corrected chi connectivity index (χ3v) is 7.31. The molecule has 7 heteroatoms. The van der Waals surface area contributed by atoms with Gasteiger partial charge in [0.2, 0.25) is 15.9 Å². The van der Waals surface area contributed by atoms with Gasteiger partial charge in [-0.1, -0.05) is 35.4 Å². The first-order valence-corrected chi connectivity index (χ1v) is 11.8. The van der Waals surface area contributed by atoms with Gasteiger partial charge >= 0.3 is 0 Å². The third-order valence-electron chi connectivity index (χ3n) is 5.39. The average molecular weight is 431 g/mol. The molecule has 0 aliphatic carbocycles. The number of sulfonamides is 1. The predicted octanol–water partition coefficient (Wildman–Crippen LogP) is 3.29. The number of hydrogen-bond donors (Lipinski definition) is 1. The monoisotopic (exact) mass is 430 g/mol. The SMILES string of the molecule is Cc1ccc(OCC(C)NC(=O)C2CCN(S(=O)(=O)c3ccc(C)cc3)CC2)cc1. The lowest BCUT2D eigenvalue weighted by Gasteiger charge is -2.31. The molecule has 1 amide bonds. The molecule has 162 valence electrons. The molecule has 3 rings (SSSR count). The molecule has 0 radical (unpaired) electrons. The first-order chi connectivity index (χ1) is 14.3. The summed E-state index contributed by atoms with van der Waals surface area (Å²) in [5.74, 6) is 0.551. The van der Waals surface area contributed by atoms with E-state index in [1.807, 2.05) is 45.0 Å². The van der Waals surface area contributed by atoms with Crippen LogP contribution in [-0.2, 0) is 14.8 Å². The first-order valence-electron chi connectivity index (χ1n) is 10.3. The van der Waals surface area contributed by atoms with Crippen molar-refractivity contribution in [2.24, 2.45) is 5.92 Å². The molecule has 1 unspecified atom stereocenters. The van der Waals surface area contributed by atoms with Gasteiger partial charge in [0.1, 0.15) is 12.4 Å². The largest absolute Gasteiger partial charge is 0.491 e. The van der Waals surface area contributed by atoms with E-state index in [2.05, 4.69) is 5.32 Å². The average Bonchev–Trinajstić information content (AvgIpc) is 2.74. The van der Waals surface area contributed by atoms with E-state index in [1.165, 1.54) is 9.87 Å². The van der Waals surface area contributed by atoms with Crippen molar-refractivity contribution in [2.75, 3.05) is 19.7 Å². The number of piperidine rings is 1. The van der Waals surface area contributed by atoms with Crippen molar-refractivity contribution < 1.29 is 17.9 Å². The number of hydrogen-bond acceptors (Lipinski definition) is 4. The number of benzene rings is 2. The number of nitrogens with zero attached hydrogens (tertiary/aromatic N) is 1. The summed E-state index contributed by atoms with van der Waals surface area (Å²) >= 11 is 0. The maximum absolute atomic E-state index is 12.8. The topological polar surface area (TPSA) is 75.7 Å². The second-order valence-corrected chi connectivity index (χ2v) is 9.96. The number of rotatable bonds is 7. The fraction of sp³-hybridized carbons (Fsp3) is 0.435. The second-order valence-electron chi connectivity index (χ2n) is 8.03. The Morgan fingerprint density at radius 3 is 2.13 bits per heavy atom. The summed E-state index contributed by atoms with van der Waals surface area (Å²) in [4.78, 5) is 12.9. The van der Waals surface area contributed by atoms with Crippen molar-refractivity contribution in [3.63, 3.8) is 0 Å². The first kappa shape index (κ1) is 22.3. The van der Waals surface area contributed by atoms with E-state index in [0.717, 1.165) is 11.3 Å². The summed E-state index contributed by atoms with van der Waals surface area (Å²) in [6, 6.07) is 14.5. The molecular weight excluding hydrogens is 400 g/mol. The molecule has 1 fully saturated rings. The molecule has 1 heterocycles. The molecule has 2 aromatic rings. The molecule has 1 saturated heterocycles. The molecule has 1 aliphatic rings. The molecule has 30 heavy (non-hydrogen) atoms. The Kier molecular flexibility index (Phi) is 7.15. The highest BCUT2D eigenvalue weighted by molar-refractivity contribution is 7.89. The lowest BCUT2D eigenvalue weighted by molar-refractivity contribution is -0.126. The Morgan fingerprint density at radius 1 is 1.03 bits per heavy atom. The standard InChI is InChI=1S/C23H30N2O4S/c1-17-4-8-21(9-5-17)29-16-19(3)24-23(26)20-12-14-25(15-13-20)30(27,28)22-10-6-18(2)7-11-22/h4-11,19-20H,12-16H2,1-3H3,(H,24,26). The fourth-order valence-electron chi connectivity index (χ4n) is 3.48. The minimum absolute atomic E-state index is 0.0395. The Labute approximate surface area is 179 Å². The molecule has 2 aromatic carbocycles. The molecule has 0 saturated carbocycles. The summed E-state index contributed by atoms with van der Waals surface area (Å²) < 4.78 is 32.8. The van der Waals surface area contributed by atoms with E-state index in [9.17, 15) is 13.2 Å². The number of ether oxygens (including phenoxy) is 1. The van der Waals surface area contributed by atoms with Gasteiger partial charge in [0.15, 0.2) is 0 Å². The molecule has 0 aromatic heterocycles. The molecule has 1 atom stereocenters. The van der Waals surface area contributed by atoms with E-state index in [0.29, 0.717) is 37.4 Å². The summed E-state index contributed by atoms with van der Waals surface area (Å²) in [7, 11) is -3.51. The van der Waals surface area contributed by atoms with Gasteiger partial charge in [-0.15, -0.1) is 0 Å². The van der Waals surface area contributed by atoms with Crippen LogP contribution >= 0.6 is 0 Å². The van der Waals surface area contributed by atoms with E-state index in [-0.39, 0.29) is 17.9 Å². The van der Waals surface area contributed by atoms with E-state index >= 15 is 0 Å². The molecule has 0 spiro atoms. The van der Waals surface area contributed by atoms with Crippen LogP contribution in [0.3, 0.4) is 0 Å². The van der Waals surface area contributed by atoms with E-state index in [1.54, 1.807) is 24.3 Å². The highest BCUT2D eigenvalue weighted by atomic mass is 32.2. The summed E-state index contributed by atoms with van der Waals surface area (Å²) in [5.41, 5.74) is 2.18. The number of carbonyl (C=O) groups is 1. The minimum atomic E-state index is -3.51. The number of amides is 1. The lowest BCUT2D eigenvalue weighted by atomic mass is 9.97. The van der Waals surface area contributed by atoms with Crippen molar-refractivity contribution in [2.45, 2.75) is 44.6 Å². The Morgan fingerprint density at radius 2 is 1.57 bits per heavy atom. The van der Waals surface area contributed by atoms with Gasteiger partial charge in [0.25, 0.3) is 0 Å². The van der Waals surface area contributed by atoms with Crippen molar-refractivity contribution in [1.29, 1.82) is 0 Å². The van der Waals surface area contributed by atoms with Crippen molar-refractivity contribution in [3.05, 3.63) is 59.7 Å². The third kappa shape index (κ3) is 5.61. The summed E-state index contributed by atoms with van der Waals surface area (Å²) in [5, 5.41) is 2.99. The van der Waals surface area contributed by atoms with Crippen LogP contribution in [0, 0.1) is 19.8 Å². The van der Waals surface area contributed by atoms with Gasteiger partial charge in [-0.3, -0.25) is 4.79 Å². The molecule has 6 nitrogen and oxygen atoms in total. The van der Waals surface area contributed by atoms with Crippen LogP contribution in [0.4, 0.5) is 0 Å². The van der Waals surface area contributed by atoms with Gasteiger partial charge in [0, 0.05) is 19.0 Å². The number of nitrogens with one attached hydrogen (secondary N) is 1. The van der Waals surface area contributed by atoms with E-state index in [4.69, 9.17) is 4.74 Å². The highest BCUT2D eigenvalue weighted by Gasteiger charge is 2.32. The van der Waals surface area contributed by atoms with Gasteiger partial charge in [-0.05, 0) is 57.9 Å². The normalized spacial score (nSPS) is 16.8. The van der Waals surface area contributed by atoms with Gasteiger partial charge in [0.05, 0.1) is 10.9 Å².